The zero-order chi connectivity index (χ0) is 13.7. The van der Waals surface area contributed by atoms with E-state index in [2.05, 4.69) is 40.1 Å². The SMILES string of the molecule is COCCCn1cc(C)nc1Nc1ccccc1C. The molecule has 4 heteroatoms. The van der Waals surface area contributed by atoms with Crippen molar-refractivity contribution in [3.05, 3.63) is 41.7 Å². The van der Waals surface area contributed by atoms with Gasteiger partial charge in [0.05, 0.1) is 5.69 Å². The fourth-order valence-electron chi connectivity index (χ4n) is 2.03. The summed E-state index contributed by atoms with van der Waals surface area (Å²) in [6, 6.07) is 8.23. The van der Waals surface area contributed by atoms with Crippen LogP contribution in [0, 0.1) is 13.8 Å². The van der Waals surface area contributed by atoms with Crippen molar-refractivity contribution in [1.29, 1.82) is 0 Å². The van der Waals surface area contributed by atoms with Crippen LogP contribution in [0.4, 0.5) is 11.6 Å². The van der Waals surface area contributed by atoms with Crippen LogP contribution in [0.1, 0.15) is 17.7 Å². The fourth-order valence-corrected chi connectivity index (χ4v) is 2.03. The number of anilines is 2. The smallest absolute Gasteiger partial charge is 0.207 e. The molecule has 0 aliphatic rings. The molecule has 1 heterocycles. The number of aromatic nitrogens is 2. The van der Waals surface area contributed by atoms with Crippen molar-refractivity contribution in [2.75, 3.05) is 19.0 Å². The van der Waals surface area contributed by atoms with Gasteiger partial charge in [-0.3, -0.25) is 0 Å². The van der Waals surface area contributed by atoms with E-state index in [1.165, 1.54) is 5.56 Å². The Labute approximate surface area is 114 Å². The molecule has 0 unspecified atom stereocenters. The van der Waals surface area contributed by atoms with Crippen molar-refractivity contribution < 1.29 is 4.74 Å². The minimum atomic E-state index is 0.765. The zero-order valence-electron chi connectivity index (χ0n) is 11.8. The summed E-state index contributed by atoms with van der Waals surface area (Å²) in [4.78, 5) is 4.54. The van der Waals surface area contributed by atoms with Gasteiger partial charge in [0, 0.05) is 32.1 Å². The van der Waals surface area contributed by atoms with Gasteiger partial charge in [-0.05, 0) is 31.9 Å². The van der Waals surface area contributed by atoms with Gasteiger partial charge in [0.2, 0.25) is 5.95 Å². The standard InChI is InChI=1S/C15H21N3O/c1-12-7-4-5-8-14(12)17-15-16-13(2)11-18(15)9-6-10-19-3/h4-5,7-8,11H,6,9-10H2,1-3H3,(H,16,17). The van der Waals surface area contributed by atoms with Gasteiger partial charge in [-0.25, -0.2) is 4.98 Å². The van der Waals surface area contributed by atoms with Crippen LogP contribution in [0.5, 0.6) is 0 Å². The van der Waals surface area contributed by atoms with E-state index in [-0.39, 0.29) is 0 Å². The zero-order valence-corrected chi connectivity index (χ0v) is 11.8. The highest BCUT2D eigenvalue weighted by molar-refractivity contribution is 5.58. The molecule has 0 saturated carbocycles. The Morgan fingerprint density at radius 2 is 2.05 bits per heavy atom. The highest BCUT2D eigenvalue weighted by Crippen LogP contribution is 2.20. The molecule has 0 saturated heterocycles. The normalized spacial score (nSPS) is 10.7. The predicted octanol–water partition coefficient (Wildman–Crippen LogP) is 3.28. The highest BCUT2D eigenvalue weighted by atomic mass is 16.5. The third-order valence-corrected chi connectivity index (χ3v) is 3.04. The first-order chi connectivity index (χ1) is 9.20. The summed E-state index contributed by atoms with van der Waals surface area (Å²) in [7, 11) is 1.73. The lowest BCUT2D eigenvalue weighted by molar-refractivity contribution is 0.190. The molecule has 1 aromatic heterocycles. The molecule has 0 aliphatic heterocycles. The molecule has 2 aromatic rings. The molecule has 0 fully saturated rings. The predicted molar refractivity (Wildman–Crippen MR) is 77.9 cm³/mol. The summed E-state index contributed by atoms with van der Waals surface area (Å²) in [5.41, 5.74) is 3.33. The number of imidazole rings is 1. The summed E-state index contributed by atoms with van der Waals surface area (Å²) in [5, 5.41) is 3.40. The Morgan fingerprint density at radius 3 is 2.79 bits per heavy atom. The number of methoxy groups -OCH3 is 1. The molecule has 102 valence electrons. The number of hydrogen-bond acceptors (Lipinski definition) is 3. The number of ether oxygens (including phenoxy) is 1. The maximum atomic E-state index is 5.09. The van der Waals surface area contributed by atoms with E-state index in [0.717, 1.165) is 36.9 Å². The molecule has 0 bridgehead atoms. The average Bonchev–Trinajstić information content (AvgIpc) is 2.73. The van der Waals surface area contributed by atoms with Gasteiger partial charge in [0.15, 0.2) is 0 Å². The molecule has 0 amide bonds. The van der Waals surface area contributed by atoms with E-state index < -0.39 is 0 Å². The van der Waals surface area contributed by atoms with E-state index >= 15 is 0 Å². The van der Waals surface area contributed by atoms with Gasteiger partial charge in [0.1, 0.15) is 0 Å². The number of rotatable bonds is 6. The van der Waals surface area contributed by atoms with E-state index in [9.17, 15) is 0 Å². The van der Waals surface area contributed by atoms with Crippen molar-refractivity contribution in [3.8, 4) is 0 Å². The van der Waals surface area contributed by atoms with Gasteiger partial charge < -0.3 is 14.6 Å². The van der Waals surface area contributed by atoms with E-state index in [1.54, 1.807) is 7.11 Å². The third-order valence-electron chi connectivity index (χ3n) is 3.04. The fraction of sp³-hybridized carbons (Fsp3) is 0.400. The Bertz CT molecular complexity index is 534. The highest BCUT2D eigenvalue weighted by Gasteiger charge is 2.06. The molecule has 1 aromatic carbocycles. The Balaban J connectivity index is 2.13. The second-order valence-corrected chi connectivity index (χ2v) is 4.69. The molecule has 1 N–H and O–H groups in total. The van der Waals surface area contributed by atoms with Crippen molar-refractivity contribution in [3.63, 3.8) is 0 Å². The van der Waals surface area contributed by atoms with Gasteiger partial charge in [-0.1, -0.05) is 18.2 Å². The first-order valence-electron chi connectivity index (χ1n) is 6.56. The van der Waals surface area contributed by atoms with Crippen molar-refractivity contribution in [2.45, 2.75) is 26.8 Å². The average molecular weight is 259 g/mol. The molecule has 4 nitrogen and oxygen atoms in total. The van der Waals surface area contributed by atoms with Crippen LogP contribution in [0.3, 0.4) is 0 Å². The van der Waals surface area contributed by atoms with Crippen LogP contribution in [-0.2, 0) is 11.3 Å². The molecular weight excluding hydrogens is 238 g/mol. The minimum absolute atomic E-state index is 0.765. The molecule has 0 atom stereocenters. The summed E-state index contributed by atoms with van der Waals surface area (Å²) in [6.45, 7) is 5.77. The second kappa shape index (κ2) is 6.38. The second-order valence-electron chi connectivity index (χ2n) is 4.69. The van der Waals surface area contributed by atoms with Crippen molar-refractivity contribution >= 4 is 11.6 Å². The largest absolute Gasteiger partial charge is 0.385 e. The van der Waals surface area contributed by atoms with E-state index in [4.69, 9.17) is 4.74 Å². The molecule has 19 heavy (non-hydrogen) atoms. The van der Waals surface area contributed by atoms with Gasteiger partial charge in [-0.15, -0.1) is 0 Å². The molecule has 0 spiro atoms. The first kappa shape index (κ1) is 13.6. The number of benzene rings is 1. The first-order valence-corrected chi connectivity index (χ1v) is 6.56. The summed E-state index contributed by atoms with van der Waals surface area (Å²) in [6.07, 6.45) is 3.05. The maximum Gasteiger partial charge on any atom is 0.207 e. The third kappa shape index (κ3) is 3.58. The monoisotopic (exact) mass is 259 g/mol. The Morgan fingerprint density at radius 1 is 1.26 bits per heavy atom. The van der Waals surface area contributed by atoms with Gasteiger partial charge in [0.25, 0.3) is 0 Å². The Kier molecular flexibility index (Phi) is 4.58. The number of hydrogen-bond donors (Lipinski definition) is 1. The van der Waals surface area contributed by atoms with Crippen LogP contribution in [0.15, 0.2) is 30.5 Å². The number of nitrogens with zero attached hydrogens (tertiary/aromatic N) is 2. The Hall–Kier alpha value is -1.81. The summed E-state index contributed by atoms with van der Waals surface area (Å²) in [5.74, 6) is 0.892. The van der Waals surface area contributed by atoms with Crippen LogP contribution in [0.2, 0.25) is 0 Å². The lowest BCUT2D eigenvalue weighted by Crippen LogP contribution is -2.05. The number of nitrogens with one attached hydrogen (secondary N) is 1. The topological polar surface area (TPSA) is 39.1 Å². The quantitative estimate of drug-likeness (QED) is 0.809. The number of aryl methyl sites for hydroxylation is 3. The molecule has 0 radical (unpaired) electrons. The molecular formula is C15H21N3O. The maximum absolute atomic E-state index is 5.09. The van der Waals surface area contributed by atoms with E-state index in [0.29, 0.717) is 0 Å². The van der Waals surface area contributed by atoms with Crippen molar-refractivity contribution in [1.82, 2.24) is 9.55 Å². The van der Waals surface area contributed by atoms with Crippen LogP contribution < -0.4 is 5.32 Å². The van der Waals surface area contributed by atoms with E-state index in [1.807, 2.05) is 19.1 Å². The van der Waals surface area contributed by atoms with Crippen LogP contribution >= 0.6 is 0 Å². The van der Waals surface area contributed by atoms with Crippen molar-refractivity contribution in [2.24, 2.45) is 0 Å². The molecule has 0 aliphatic carbocycles. The lowest BCUT2D eigenvalue weighted by atomic mass is 10.2. The summed E-state index contributed by atoms with van der Waals surface area (Å²) < 4.78 is 7.23. The van der Waals surface area contributed by atoms with Gasteiger partial charge >= 0.3 is 0 Å². The minimum Gasteiger partial charge on any atom is -0.385 e. The number of para-hydroxylation sites is 1. The van der Waals surface area contributed by atoms with Gasteiger partial charge in [-0.2, -0.15) is 0 Å². The summed E-state index contributed by atoms with van der Waals surface area (Å²) >= 11 is 0. The van der Waals surface area contributed by atoms with Crippen LogP contribution in [-0.4, -0.2) is 23.3 Å². The lowest BCUT2D eigenvalue weighted by Gasteiger charge is -2.11. The molecule has 2 rings (SSSR count). The van der Waals surface area contributed by atoms with Crippen LogP contribution in [0.25, 0.3) is 0 Å².